The highest BCUT2D eigenvalue weighted by atomic mass is 16.5. The number of aromatic nitrogens is 5. The summed E-state index contributed by atoms with van der Waals surface area (Å²) in [6.07, 6.45) is 7.10. The van der Waals surface area contributed by atoms with Gasteiger partial charge in [0.25, 0.3) is 5.91 Å². The van der Waals surface area contributed by atoms with Crippen LogP contribution in [0.25, 0.3) is 0 Å². The number of piperidine rings is 1. The van der Waals surface area contributed by atoms with Gasteiger partial charge in [0.1, 0.15) is 5.76 Å². The van der Waals surface area contributed by atoms with E-state index in [4.69, 9.17) is 18.8 Å². The molecular weight excluding hydrogens is 412 g/mol. The molecule has 5 heterocycles. The van der Waals surface area contributed by atoms with Crippen LogP contribution in [0.15, 0.2) is 27.5 Å². The minimum Gasteiger partial charge on any atom is -0.381 e. The van der Waals surface area contributed by atoms with Crippen LogP contribution in [0.1, 0.15) is 72.1 Å². The molecule has 0 N–H and O–H groups in total. The summed E-state index contributed by atoms with van der Waals surface area (Å²) in [5.41, 5.74) is 0.729. The van der Waals surface area contributed by atoms with Crippen molar-refractivity contribution in [3.63, 3.8) is 0 Å². The van der Waals surface area contributed by atoms with Crippen molar-refractivity contribution in [1.82, 2.24) is 30.0 Å². The third-order valence-corrected chi connectivity index (χ3v) is 6.60. The van der Waals surface area contributed by atoms with Crippen molar-refractivity contribution in [2.24, 2.45) is 0 Å². The van der Waals surface area contributed by atoms with Crippen molar-refractivity contribution in [1.29, 1.82) is 0 Å². The Morgan fingerprint density at radius 1 is 1.25 bits per heavy atom. The van der Waals surface area contributed by atoms with Gasteiger partial charge in [-0.2, -0.15) is 10.1 Å². The number of rotatable bonds is 5. The van der Waals surface area contributed by atoms with Crippen molar-refractivity contribution in [3.8, 4) is 0 Å². The number of carbonyl (C=O) groups is 1. The first kappa shape index (κ1) is 20.9. The van der Waals surface area contributed by atoms with Crippen LogP contribution in [-0.2, 0) is 16.7 Å². The summed E-state index contributed by atoms with van der Waals surface area (Å²) in [5.74, 6) is 2.09. The van der Waals surface area contributed by atoms with Crippen LogP contribution in [0, 0.1) is 6.92 Å². The zero-order valence-corrected chi connectivity index (χ0v) is 18.5. The minimum atomic E-state index is -0.373. The topological polar surface area (TPSA) is 112 Å². The Morgan fingerprint density at radius 3 is 2.88 bits per heavy atom. The standard InChI is InChI=1S/C22H28N6O4/c1-15-17(13-28-10-4-8-23-28)18(25-31-15)20(29)27-9-3-7-22(2,14-27)21-24-19(32-26-21)16-5-11-30-12-6-16/h4,8,10,16H,3,5-7,9,11-14H2,1-2H3. The van der Waals surface area contributed by atoms with E-state index >= 15 is 0 Å². The molecule has 1 amide bonds. The number of nitrogens with zero attached hydrogens (tertiary/aromatic N) is 6. The molecule has 1 atom stereocenters. The summed E-state index contributed by atoms with van der Waals surface area (Å²) in [6.45, 7) is 6.97. The van der Waals surface area contributed by atoms with Crippen molar-refractivity contribution < 1.29 is 18.6 Å². The van der Waals surface area contributed by atoms with Gasteiger partial charge in [0.15, 0.2) is 11.5 Å². The lowest BCUT2D eigenvalue weighted by Gasteiger charge is -2.38. The molecule has 32 heavy (non-hydrogen) atoms. The van der Waals surface area contributed by atoms with E-state index in [1.807, 2.05) is 24.1 Å². The van der Waals surface area contributed by atoms with E-state index in [1.54, 1.807) is 10.9 Å². The SMILES string of the molecule is Cc1onc(C(=O)N2CCCC(C)(c3noc(C4CCOCC4)n3)C2)c1Cn1cccn1. The molecule has 0 spiro atoms. The van der Waals surface area contributed by atoms with E-state index in [1.165, 1.54) is 0 Å². The molecule has 3 aromatic heterocycles. The van der Waals surface area contributed by atoms with Gasteiger partial charge in [-0.3, -0.25) is 9.48 Å². The van der Waals surface area contributed by atoms with Gasteiger partial charge < -0.3 is 18.7 Å². The number of likely N-dealkylation sites (tertiary alicyclic amines) is 1. The highest BCUT2D eigenvalue weighted by Gasteiger charge is 2.40. The second kappa shape index (κ2) is 8.50. The maximum Gasteiger partial charge on any atom is 0.276 e. The first-order chi connectivity index (χ1) is 15.5. The predicted octanol–water partition coefficient (Wildman–Crippen LogP) is 2.70. The van der Waals surface area contributed by atoms with E-state index in [9.17, 15) is 4.79 Å². The van der Waals surface area contributed by atoms with Crippen LogP contribution < -0.4 is 0 Å². The minimum absolute atomic E-state index is 0.136. The van der Waals surface area contributed by atoms with Crippen molar-refractivity contribution in [2.75, 3.05) is 26.3 Å². The average Bonchev–Trinajstić information content (AvgIpc) is 3.57. The Kier molecular flexibility index (Phi) is 5.54. The molecule has 0 aromatic carbocycles. The highest BCUT2D eigenvalue weighted by Crippen LogP contribution is 2.35. The fraction of sp³-hybridized carbons (Fsp3) is 0.591. The maximum atomic E-state index is 13.4. The molecule has 10 nitrogen and oxygen atoms in total. The molecule has 170 valence electrons. The summed E-state index contributed by atoms with van der Waals surface area (Å²) in [4.78, 5) is 20.0. The number of amides is 1. The fourth-order valence-electron chi connectivity index (χ4n) is 4.64. The number of hydrogen-bond acceptors (Lipinski definition) is 8. The predicted molar refractivity (Wildman–Crippen MR) is 112 cm³/mol. The Balaban J connectivity index is 1.34. The lowest BCUT2D eigenvalue weighted by atomic mass is 9.81. The molecule has 0 saturated carbocycles. The maximum absolute atomic E-state index is 13.4. The van der Waals surface area contributed by atoms with Gasteiger partial charge in [-0.05, 0) is 38.7 Å². The lowest BCUT2D eigenvalue weighted by molar-refractivity contribution is 0.0630. The van der Waals surface area contributed by atoms with Crippen molar-refractivity contribution >= 4 is 5.91 Å². The first-order valence-corrected chi connectivity index (χ1v) is 11.2. The van der Waals surface area contributed by atoms with Crippen LogP contribution in [-0.4, -0.2) is 62.2 Å². The molecule has 1 unspecified atom stereocenters. The Hall–Kier alpha value is -3.01. The van der Waals surface area contributed by atoms with Crippen LogP contribution in [0.3, 0.4) is 0 Å². The molecule has 5 rings (SSSR count). The molecule has 2 fully saturated rings. The first-order valence-electron chi connectivity index (χ1n) is 11.2. The van der Waals surface area contributed by atoms with E-state index in [0.717, 1.165) is 44.5 Å². The third-order valence-electron chi connectivity index (χ3n) is 6.60. The van der Waals surface area contributed by atoms with Gasteiger partial charge in [-0.15, -0.1) is 0 Å². The average molecular weight is 441 g/mol. The lowest BCUT2D eigenvalue weighted by Crippen LogP contribution is -2.47. The fourth-order valence-corrected chi connectivity index (χ4v) is 4.64. The molecule has 0 bridgehead atoms. The zero-order valence-electron chi connectivity index (χ0n) is 18.5. The Morgan fingerprint density at radius 2 is 2.09 bits per heavy atom. The molecule has 3 aromatic rings. The van der Waals surface area contributed by atoms with E-state index in [2.05, 4.69) is 22.3 Å². The molecule has 0 aliphatic carbocycles. The molecule has 2 aliphatic rings. The molecule has 10 heteroatoms. The number of aryl methyl sites for hydroxylation is 1. The zero-order chi connectivity index (χ0) is 22.1. The Labute approximate surface area is 185 Å². The summed E-state index contributed by atoms with van der Waals surface area (Å²) < 4.78 is 18.2. The van der Waals surface area contributed by atoms with Crippen LogP contribution >= 0.6 is 0 Å². The normalized spacial score (nSPS) is 22.4. The van der Waals surface area contributed by atoms with Crippen LogP contribution in [0.4, 0.5) is 0 Å². The molecule has 0 radical (unpaired) electrons. The quantitative estimate of drug-likeness (QED) is 0.595. The molecular formula is C22H28N6O4. The van der Waals surface area contributed by atoms with Gasteiger partial charge in [-0.1, -0.05) is 17.2 Å². The Bertz CT molecular complexity index is 1070. The van der Waals surface area contributed by atoms with Crippen molar-refractivity contribution in [3.05, 3.63) is 47.2 Å². The van der Waals surface area contributed by atoms with E-state index in [-0.39, 0.29) is 17.2 Å². The van der Waals surface area contributed by atoms with E-state index in [0.29, 0.717) is 42.8 Å². The van der Waals surface area contributed by atoms with Gasteiger partial charge >= 0.3 is 0 Å². The monoisotopic (exact) mass is 440 g/mol. The van der Waals surface area contributed by atoms with Gasteiger partial charge in [0.05, 0.1) is 6.54 Å². The van der Waals surface area contributed by atoms with E-state index < -0.39 is 0 Å². The van der Waals surface area contributed by atoms with Gasteiger partial charge in [0.2, 0.25) is 5.89 Å². The van der Waals surface area contributed by atoms with Crippen molar-refractivity contribution in [2.45, 2.75) is 57.4 Å². The largest absolute Gasteiger partial charge is 0.381 e. The number of carbonyl (C=O) groups excluding carboxylic acids is 1. The van der Waals surface area contributed by atoms with Gasteiger partial charge in [0, 0.05) is 55.6 Å². The third kappa shape index (κ3) is 3.94. The number of hydrogen-bond donors (Lipinski definition) is 0. The second-order valence-corrected chi connectivity index (χ2v) is 9.00. The summed E-state index contributed by atoms with van der Waals surface area (Å²) in [7, 11) is 0. The molecule has 2 saturated heterocycles. The summed E-state index contributed by atoms with van der Waals surface area (Å²) >= 11 is 0. The summed E-state index contributed by atoms with van der Waals surface area (Å²) in [6, 6.07) is 1.85. The molecule has 2 aliphatic heterocycles. The highest BCUT2D eigenvalue weighted by molar-refractivity contribution is 5.94. The van der Waals surface area contributed by atoms with Crippen LogP contribution in [0.2, 0.25) is 0 Å². The smallest absolute Gasteiger partial charge is 0.276 e. The van der Waals surface area contributed by atoms with Crippen LogP contribution in [0.5, 0.6) is 0 Å². The second-order valence-electron chi connectivity index (χ2n) is 9.00. The summed E-state index contributed by atoms with van der Waals surface area (Å²) in [5, 5.41) is 12.6. The number of ether oxygens (including phenoxy) is 1. The van der Waals surface area contributed by atoms with Gasteiger partial charge in [-0.25, -0.2) is 0 Å².